The molecule has 5 nitrogen and oxygen atoms in total. The normalized spacial score (nSPS) is 15.8. The number of hydrogen-bond donors (Lipinski definition) is 0. The van der Waals surface area contributed by atoms with Crippen molar-refractivity contribution in [1.82, 2.24) is 4.98 Å². The number of thiazole rings is 1. The summed E-state index contributed by atoms with van der Waals surface area (Å²) >= 11 is 7.56. The first-order chi connectivity index (χ1) is 13.5. The Labute approximate surface area is 174 Å². The van der Waals surface area contributed by atoms with Crippen molar-refractivity contribution in [3.05, 3.63) is 45.9 Å². The van der Waals surface area contributed by atoms with Gasteiger partial charge in [0.05, 0.1) is 11.1 Å². The summed E-state index contributed by atoms with van der Waals surface area (Å²) in [6, 6.07) is 7.54. The molecule has 0 spiro atoms. The fourth-order valence-electron chi connectivity index (χ4n) is 3.81. The van der Waals surface area contributed by atoms with Crippen molar-refractivity contribution in [2.75, 3.05) is 11.4 Å². The largest absolute Gasteiger partial charge is 0.458 e. The average molecular weight is 421 g/mol. The van der Waals surface area contributed by atoms with Crippen LogP contribution in [-0.4, -0.2) is 23.4 Å². The molecule has 0 atom stereocenters. The van der Waals surface area contributed by atoms with E-state index in [1.165, 1.54) is 18.3 Å². The lowest BCUT2D eigenvalue weighted by molar-refractivity contribution is -0.153. The van der Waals surface area contributed by atoms with Gasteiger partial charge in [0.25, 0.3) is 0 Å². The summed E-state index contributed by atoms with van der Waals surface area (Å²) in [4.78, 5) is 30.9. The number of aromatic nitrogens is 1. The number of carbonyl (C=O) groups excluding carboxylic acids is 2. The third kappa shape index (κ3) is 4.39. The van der Waals surface area contributed by atoms with Gasteiger partial charge in [-0.05, 0) is 37.5 Å². The second kappa shape index (κ2) is 9.05. The summed E-state index contributed by atoms with van der Waals surface area (Å²) in [5.41, 5.74) is 0.944. The van der Waals surface area contributed by atoms with Crippen LogP contribution < -0.4 is 4.90 Å². The Morgan fingerprint density at radius 1 is 1.29 bits per heavy atom. The molecular weight excluding hydrogens is 396 g/mol. The zero-order valence-corrected chi connectivity index (χ0v) is 17.8. The van der Waals surface area contributed by atoms with E-state index in [9.17, 15) is 9.59 Å². The molecule has 3 rings (SSSR count). The fraction of sp³-hybridized carbons (Fsp3) is 0.476. The summed E-state index contributed by atoms with van der Waals surface area (Å²) in [5.74, 6) is -0.273. The number of nitrogens with zero attached hydrogens (tertiary/aromatic N) is 2. The van der Waals surface area contributed by atoms with Gasteiger partial charge in [-0.25, -0.2) is 4.98 Å². The van der Waals surface area contributed by atoms with E-state index in [1.54, 1.807) is 4.90 Å². The Balaban J connectivity index is 1.75. The number of ether oxygens (including phenoxy) is 1. The van der Waals surface area contributed by atoms with E-state index in [2.05, 4.69) is 4.98 Å². The van der Waals surface area contributed by atoms with Gasteiger partial charge in [-0.15, -0.1) is 11.3 Å². The number of carbonyl (C=O) groups is 2. The van der Waals surface area contributed by atoms with E-state index in [1.807, 2.05) is 36.6 Å². The highest BCUT2D eigenvalue weighted by Crippen LogP contribution is 2.41. The Morgan fingerprint density at radius 3 is 2.68 bits per heavy atom. The predicted octanol–water partition coefficient (Wildman–Crippen LogP) is 5.11. The van der Waals surface area contributed by atoms with Crippen molar-refractivity contribution in [2.45, 2.75) is 58.0 Å². The zero-order valence-electron chi connectivity index (χ0n) is 16.2. The molecule has 1 aliphatic carbocycles. The molecule has 1 aromatic heterocycles. The zero-order chi connectivity index (χ0) is 20.1. The van der Waals surface area contributed by atoms with Gasteiger partial charge in [0.2, 0.25) is 5.91 Å². The Hall–Kier alpha value is -1.92. The van der Waals surface area contributed by atoms with Crippen molar-refractivity contribution < 1.29 is 14.3 Å². The number of rotatable bonds is 6. The second-order valence-corrected chi connectivity index (χ2v) is 8.39. The standard InChI is InChI=1S/C21H25ClN2O3S/c1-3-24(15(2)25)20-23-18(14-28-20)13-27-19(26)21(10-5-4-6-11-21)16-8-7-9-17(22)12-16/h7-9,12,14H,3-6,10-11,13H2,1-2H3. The molecule has 1 heterocycles. The first-order valence-electron chi connectivity index (χ1n) is 9.62. The van der Waals surface area contributed by atoms with Gasteiger partial charge in [-0.1, -0.05) is 43.0 Å². The van der Waals surface area contributed by atoms with Crippen LogP contribution in [0.3, 0.4) is 0 Å². The second-order valence-electron chi connectivity index (χ2n) is 7.11. The molecule has 7 heteroatoms. The minimum absolute atomic E-state index is 0.0532. The molecule has 0 bridgehead atoms. The molecule has 150 valence electrons. The lowest BCUT2D eigenvalue weighted by Gasteiger charge is -2.35. The topological polar surface area (TPSA) is 59.5 Å². The van der Waals surface area contributed by atoms with Crippen LogP contribution in [-0.2, 0) is 26.3 Å². The number of esters is 1. The van der Waals surface area contributed by atoms with Crippen molar-refractivity contribution >= 4 is 39.9 Å². The monoisotopic (exact) mass is 420 g/mol. The van der Waals surface area contributed by atoms with E-state index in [0.29, 0.717) is 22.4 Å². The molecule has 0 aliphatic heterocycles. The van der Waals surface area contributed by atoms with Crippen LogP contribution in [0.1, 0.15) is 57.2 Å². The summed E-state index contributed by atoms with van der Waals surface area (Å²) < 4.78 is 5.71. The number of amides is 1. The molecule has 1 aromatic carbocycles. The summed E-state index contributed by atoms with van der Waals surface area (Å²) in [5, 5.41) is 3.09. The molecule has 28 heavy (non-hydrogen) atoms. The first-order valence-corrected chi connectivity index (χ1v) is 10.9. The molecule has 0 N–H and O–H groups in total. The van der Waals surface area contributed by atoms with Crippen LogP contribution in [0.2, 0.25) is 5.02 Å². The molecular formula is C21H25ClN2O3S. The molecule has 1 aliphatic rings. The maximum Gasteiger partial charge on any atom is 0.316 e. The summed E-state index contributed by atoms with van der Waals surface area (Å²) in [6.07, 6.45) is 4.65. The van der Waals surface area contributed by atoms with Crippen molar-refractivity contribution in [3.8, 4) is 0 Å². The predicted molar refractivity (Wildman–Crippen MR) is 112 cm³/mol. The maximum atomic E-state index is 13.2. The highest BCUT2D eigenvalue weighted by Gasteiger charge is 2.42. The molecule has 1 amide bonds. The molecule has 2 aromatic rings. The van der Waals surface area contributed by atoms with Crippen LogP contribution in [0.25, 0.3) is 0 Å². The van der Waals surface area contributed by atoms with Gasteiger partial charge in [0.15, 0.2) is 5.13 Å². The highest BCUT2D eigenvalue weighted by atomic mass is 35.5. The average Bonchev–Trinajstić information content (AvgIpc) is 3.15. The van der Waals surface area contributed by atoms with Crippen molar-refractivity contribution in [3.63, 3.8) is 0 Å². The number of halogens is 1. The minimum atomic E-state index is -0.642. The minimum Gasteiger partial charge on any atom is -0.458 e. The summed E-state index contributed by atoms with van der Waals surface area (Å²) in [6.45, 7) is 4.08. The molecule has 1 fully saturated rings. The lowest BCUT2D eigenvalue weighted by Crippen LogP contribution is -2.39. The van der Waals surface area contributed by atoms with Gasteiger partial charge >= 0.3 is 5.97 Å². The van der Waals surface area contributed by atoms with Crippen LogP contribution in [0.4, 0.5) is 5.13 Å². The summed E-state index contributed by atoms with van der Waals surface area (Å²) in [7, 11) is 0. The smallest absolute Gasteiger partial charge is 0.316 e. The van der Waals surface area contributed by atoms with Gasteiger partial charge in [-0.3, -0.25) is 14.5 Å². The van der Waals surface area contributed by atoms with Gasteiger partial charge in [0.1, 0.15) is 6.61 Å². The Kier molecular flexibility index (Phi) is 6.73. The number of benzene rings is 1. The van der Waals surface area contributed by atoms with E-state index in [0.717, 1.165) is 37.7 Å². The lowest BCUT2D eigenvalue weighted by atomic mass is 9.69. The van der Waals surface area contributed by atoms with Gasteiger partial charge < -0.3 is 4.74 Å². The van der Waals surface area contributed by atoms with Crippen LogP contribution in [0, 0.1) is 0 Å². The molecule has 0 saturated heterocycles. The van der Waals surface area contributed by atoms with Crippen LogP contribution in [0.5, 0.6) is 0 Å². The quantitative estimate of drug-likeness (QED) is 0.609. The van der Waals surface area contributed by atoms with Gasteiger partial charge in [0, 0.05) is 23.9 Å². The van der Waals surface area contributed by atoms with Crippen molar-refractivity contribution in [1.29, 1.82) is 0 Å². The van der Waals surface area contributed by atoms with E-state index in [-0.39, 0.29) is 18.5 Å². The number of anilines is 1. The first kappa shape index (κ1) is 20.8. The SMILES string of the molecule is CCN(C(C)=O)c1nc(COC(=O)C2(c3cccc(Cl)c3)CCCCC2)cs1. The fourth-order valence-corrected chi connectivity index (χ4v) is 4.92. The van der Waals surface area contributed by atoms with E-state index < -0.39 is 5.41 Å². The highest BCUT2D eigenvalue weighted by molar-refractivity contribution is 7.14. The third-order valence-electron chi connectivity index (χ3n) is 5.29. The molecule has 0 unspecified atom stereocenters. The van der Waals surface area contributed by atoms with Crippen LogP contribution >= 0.6 is 22.9 Å². The maximum absolute atomic E-state index is 13.2. The van der Waals surface area contributed by atoms with Crippen LogP contribution in [0.15, 0.2) is 29.6 Å². The van der Waals surface area contributed by atoms with E-state index >= 15 is 0 Å². The Morgan fingerprint density at radius 2 is 2.04 bits per heavy atom. The third-order valence-corrected chi connectivity index (χ3v) is 6.44. The number of hydrogen-bond acceptors (Lipinski definition) is 5. The molecule has 1 saturated carbocycles. The molecule has 0 radical (unpaired) electrons. The van der Waals surface area contributed by atoms with Crippen molar-refractivity contribution in [2.24, 2.45) is 0 Å². The Bertz CT molecular complexity index is 846. The van der Waals surface area contributed by atoms with Gasteiger partial charge in [-0.2, -0.15) is 0 Å². The van der Waals surface area contributed by atoms with E-state index in [4.69, 9.17) is 16.3 Å².